The third kappa shape index (κ3) is 2.11. The predicted octanol–water partition coefficient (Wildman–Crippen LogP) is 6.73. The number of imidazole rings is 1. The Hall–Kier alpha value is -4.57. The van der Waals surface area contributed by atoms with Crippen LogP contribution in [0.15, 0.2) is 85.3 Å². The van der Waals surface area contributed by atoms with E-state index in [4.69, 9.17) is 9.97 Å². The number of benzene rings is 3. The zero-order valence-electron chi connectivity index (χ0n) is 18.8. The van der Waals surface area contributed by atoms with E-state index >= 15 is 0 Å². The second-order valence-electron chi connectivity index (χ2n) is 9.65. The summed E-state index contributed by atoms with van der Waals surface area (Å²) in [5.41, 5.74) is 16.3. The van der Waals surface area contributed by atoms with Gasteiger partial charge in [-0.1, -0.05) is 42.5 Å². The standard InChI is InChI=1S/C31H18N4/c1-2-5-18-17(4-1)14-23-19(18)7-8-20-21-9-10-22-29(25(21)15-24(20)23)30-28(6-3-12-33-30)35-27-11-13-32-16-26(27)34-31(22)35/h1-13,16H,14-15H2. The lowest BCUT2D eigenvalue weighted by atomic mass is 9.96. The van der Waals surface area contributed by atoms with Crippen LogP contribution in [-0.2, 0) is 12.8 Å². The van der Waals surface area contributed by atoms with Gasteiger partial charge in [0.25, 0.3) is 0 Å². The summed E-state index contributed by atoms with van der Waals surface area (Å²) in [6.45, 7) is 0. The van der Waals surface area contributed by atoms with Crippen LogP contribution in [0.5, 0.6) is 0 Å². The van der Waals surface area contributed by atoms with Crippen LogP contribution in [0.3, 0.4) is 0 Å². The zero-order chi connectivity index (χ0) is 22.7. The first-order chi connectivity index (χ1) is 17.4. The molecule has 4 nitrogen and oxygen atoms in total. The highest BCUT2D eigenvalue weighted by atomic mass is 15.0. The summed E-state index contributed by atoms with van der Waals surface area (Å²) in [6, 6.07) is 24.2. The van der Waals surface area contributed by atoms with Crippen LogP contribution in [0.4, 0.5) is 0 Å². The first-order valence-electron chi connectivity index (χ1n) is 12.0. The fourth-order valence-corrected chi connectivity index (χ4v) is 6.57. The number of nitrogens with zero attached hydrogens (tertiary/aromatic N) is 4. The van der Waals surface area contributed by atoms with Crippen molar-refractivity contribution in [1.82, 2.24) is 19.4 Å². The number of fused-ring (bicyclic) bond motifs is 16. The summed E-state index contributed by atoms with van der Waals surface area (Å²) >= 11 is 0. The molecule has 2 aliphatic rings. The molecule has 0 N–H and O–H groups in total. The quantitative estimate of drug-likeness (QED) is 0.243. The first-order valence-corrected chi connectivity index (χ1v) is 12.0. The molecule has 162 valence electrons. The normalized spacial score (nSPS) is 13.5. The van der Waals surface area contributed by atoms with Crippen molar-refractivity contribution in [3.05, 3.63) is 108 Å². The van der Waals surface area contributed by atoms with Gasteiger partial charge in [-0.05, 0) is 81.6 Å². The summed E-state index contributed by atoms with van der Waals surface area (Å²) < 4.78 is 2.24. The highest BCUT2D eigenvalue weighted by Crippen LogP contribution is 2.49. The van der Waals surface area contributed by atoms with Crippen LogP contribution in [0, 0.1) is 0 Å². The van der Waals surface area contributed by atoms with Gasteiger partial charge in [0.1, 0.15) is 11.2 Å². The Kier molecular flexibility index (Phi) is 3.11. The molecule has 7 aromatic rings. The summed E-state index contributed by atoms with van der Waals surface area (Å²) in [6.07, 6.45) is 7.54. The van der Waals surface area contributed by atoms with Crippen LogP contribution < -0.4 is 0 Å². The Balaban J connectivity index is 1.39. The third-order valence-electron chi connectivity index (χ3n) is 8.02. The van der Waals surface area contributed by atoms with Crippen molar-refractivity contribution in [1.29, 1.82) is 0 Å². The van der Waals surface area contributed by atoms with Gasteiger partial charge in [0.05, 0.1) is 22.7 Å². The van der Waals surface area contributed by atoms with Gasteiger partial charge in [-0.25, -0.2) is 4.98 Å². The zero-order valence-corrected chi connectivity index (χ0v) is 18.8. The molecule has 0 radical (unpaired) electrons. The van der Waals surface area contributed by atoms with Gasteiger partial charge in [0.2, 0.25) is 0 Å². The third-order valence-corrected chi connectivity index (χ3v) is 8.02. The van der Waals surface area contributed by atoms with Crippen LogP contribution in [0.2, 0.25) is 0 Å². The highest BCUT2D eigenvalue weighted by molar-refractivity contribution is 6.16. The topological polar surface area (TPSA) is 43.1 Å². The minimum atomic E-state index is 0.907. The Bertz CT molecular complexity index is 2070. The maximum atomic E-state index is 5.03. The SMILES string of the molecule is c1ccc2c(c1)Cc1c-2ccc2c1Cc1c-2ccc2c1c1ncccc1n1c3ccncc3nc21. The number of aromatic nitrogens is 4. The van der Waals surface area contributed by atoms with E-state index in [0.717, 1.165) is 45.9 Å². The van der Waals surface area contributed by atoms with Gasteiger partial charge in [-0.15, -0.1) is 0 Å². The van der Waals surface area contributed by atoms with Gasteiger partial charge >= 0.3 is 0 Å². The van der Waals surface area contributed by atoms with Crippen molar-refractivity contribution in [2.24, 2.45) is 0 Å². The molecule has 4 heterocycles. The van der Waals surface area contributed by atoms with E-state index in [9.17, 15) is 0 Å². The van der Waals surface area contributed by atoms with Crippen LogP contribution >= 0.6 is 0 Å². The monoisotopic (exact) mass is 446 g/mol. The maximum absolute atomic E-state index is 5.03. The van der Waals surface area contributed by atoms with E-state index in [-0.39, 0.29) is 0 Å². The van der Waals surface area contributed by atoms with E-state index in [1.165, 1.54) is 49.9 Å². The molecule has 0 bridgehead atoms. The number of hydrogen-bond acceptors (Lipinski definition) is 3. The van der Waals surface area contributed by atoms with E-state index in [2.05, 4.69) is 64.0 Å². The molecule has 0 saturated heterocycles. The molecule has 4 aromatic heterocycles. The van der Waals surface area contributed by atoms with E-state index in [0.29, 0.717) is 0 Å². The van der Waals surface area contributed by atoms with Crippen LogP contribution in [0.1, 0.15) is 22.3 Å². The number of hydrogen-bond donors (Lipinski definition) is 0. The van der Waals surface area contributed by atoms with Crippen molar-refractivity contribution in [3.63, 3.8) is 0 Å². The molecule has 0 amide bonds. The molecule has 9 rings (SSSR count). The molecule has 3 aromatic carbocycles. The smallest absolute Gasteiger partial charge is 0.146 e. The molecule has 35 heavy (non-hydrogen) atoms. The van der Waals surface area contributed by atoms with Gasteiger partial charge in [0.15, 0.2) is 0 Å². The van der Waals surface area contributed by atoms with Crippen molar-refractivity contribution >= 4 is 38.5 Å². The second-order valence-corrected chi connectivity index (χ2v) is 9.65. The van der Waals surface area contributed by atoms with Crippen LogP contribution in [-0.4, -0.2) is 19.4 Å². The lowest BCUT2D eigenvalue weighted by Gasteiger charge is -2.12. The average Bonchev–Trinajstić information content (AvgIpc) is 3.59. The minimum absolute atomic E-state index is 0.907. The van der Waals surface area contributed by atoms with Gasteiger partial charge in [0, 0.05) is 23.2 Å². The minimum Gasteiger partial charge on any atom is -0.290 e. The van der Waals surface area contributed by atoms with Gasteiger partial charge in [-0.3, -0.25) is 14.4 Å². The van der Waals surface area contributed by atoms with E-state index < -0.39 is 0 Å². The molecule has 4 heteroatoms. The number of pyridine rings is 3. The van der Waals surface area contributed by atoms with Crippen LogP contribution in [0.25, 0.3) is 60.7 Å². The Morgan fingerprint density at radius 2 is 1.49 bits per heavy atom. The van der Waals surface area contributed by atoms with Crippen molar-refractivity contribution in [2.45, 2.75) is 12.8 Å². The van der Waals surface area contributed by atoms with Crippen molar-refractivity contribution in [3.8, 4) is 22.3 Å². The molecule has 0 atom stereocenters. The highest BCUT2D eigenvalue weighted by Gasteiger charge is 2.30. The summed E-state index contributed by atoms with van der Waals surface area (Å²) in [5, 5.41) is 2.38. The molecular weight excluding hydrogens is 428 g/mol. The summed E-state index contributed by atoms with van der Waals surface area (Å²) in [5.74, 6) is 0. The fraction of sp³-hybridized carbons (Fsp3) is 0.0645. The molecule has 0 saturated carbocycles. The number of rotatable bonds is 0. The molecule has 0 aliphatic heterocycles. The molecule has 0 spiro atoms. The predicted molar refractivity (Wildman–Crippen MR) is 140 cm³/mol. The van der Waals surface area contributed by atoms with E-state index in [1.807, 2.05) is 30.7 Å². The summed E-state index contributed by atoms with van der Waals surface area (Å²) in [4.78, 5) is 14.3. The average molecular weight is 447 g/mol. The second kappa shape index (κ2) is 6.10. The lowest BCUT2D eigenvalue weighted by molar-refractivity contribution is 1.17. The van der Waals surface area contributed by atoms with Crippen molar-refractivity contribution < 1.29 is 0 Å². The first kappa shape index (κ1) is 17.8. The Morgan fingerprint density at radius 1 is 0.657 bits per heavy atom. The maximum Gasteiger partial charge on any atom is 0.146 e. The molecular formula is C31H18N4. The molecule has 0 fully saturated rings. The van der Waals surface area contributed by atoms with Gasteiger partial charge in [-0.2, -0.15) is 0 Å². The Morgan fingerprint density at radius 3 is 2.46 bits per heavy atom. The molecule has 2 aliphatic carbocycles. The van der Waals surface area contributed by atoms with E-state index in [1.54, 1.807) is 0 Å². The van der Waals surface area contributed by atoms with Gasteiger partial charge < -0.3 is 0 Å². The lowest BCUT2D eigenvalue weighted by Crippen LogP contribution is -1.96. The van der Waals surface area contributed by atoms with Crippen molar-refractivity contribution in [2.75, 3.05) is 0 Å². The molecule has 0 unspecified atom stereocenters. The summed E-state index contributed by atoms with van der Waals surface area (Å²) in [7, 11) is 0. The fourth-order valence-electron chi connectivity index (χ4n) is 6.57. The largest absolute Gasteiger partial charge is 0.290 e. The Labute approximate surface area is 200 Å².